The van der Waals surface area contributed by atoms with E-state index in [1.54, 1.807) is 0 Å². The lowest BCUT2D eigenvalue weighted by atomic mass is 10.2. The average molecular weight is 385 g/mol. The first-order valence-electron chi connectivity index (χ1n) is 9.00. The van der Waals surface area contributed by atoms with Crippen LogP contribution >= 0.6 is 0 Å². The summed E-state index contributed by atoms with van der Waals surface area (Å²) in [5.74, 6) is 0.215. The molecular formula is C18H26F3N5O. The molecule has 3 N–H and O–H groups in total. The van der Waals surface area contributed by atoms with Crippen LogP contribution in [0.3, 0.4) is 0 Å². The van der Waals surface area contributed by atoms with Crippen molar-refractivity contribution in [2.75, 3.05) is 32.7 Å². The van der Waals surface area contributed by atoms with E-state index in [1.165, 1.54) is 4.90 Å². The van der Waals surface area contributed by atoms with Crippen LogP contribution in [0.15, 0.2) is 35.3 Å². The molecule has 2 rings (SSSR count). The van der Waals surface area contributed by atoms with Gasteiger partial charge in [0.05, 0.1) is 6.54 Å². The van der Waals surface area contributed by atoms with Crippen molar-refractivity contribution >= 4 is 11.9 Å². The Labute approximate surface area is 157 Å². The van der Waals surface area contributed by atoms with Crippen molar-refractivity contribution in [3.05, 3.63) is 35.9 Å². The molecule has 1 amide bonds. The molecule has 0 aromatic heterocycles. The minimum atomic E-state index is -4.19. The van der Waals surface area contributed by atoms with Crippen molar-refractivity contribution < 1.29 is 18.0 Å². The third-order valence-electron chi connectivity index (χ3n) is 4.07. The molecule has 1 heterocycles. The minimum absolute atomic E-state index is 0.0544. The molecule has 1 aromatic carbocycles. The number of carbonyl (C=O) groups excluding carboxylic acids is 1. The van der Waals surface area contributed by atoms with Crippen molar-refractivity contribution in [3.8, 4) is 0 Å². The van der Waals surface area contributed by atoms with E-state index in [2.05, 4.69) is 20.9 Å². The molecule has 1 aromatic rings. The Morgan fingerprint density at radius 1 is 1.26 bits per heavy atom. The summed E-state index contributed by atoms with van der Waals surface area (Å²) in [7, 11) is 0. The topological polar surface area (TPSA) is 68.8 Å². The number of carbonyl (C=O) groups is 1. The smallest absolute Gasteiger partial charge is 0.357 e. The van der Waals surface area contributed by atoms with Crippen LogP contribution < -0.4 is 16.0 Å². The number of benzene rings is 1. The Kier molecular flexibility index (Phi) is 7.90. The van der Waals surface area contributed by atoms with Crippen molar-refractivity contribution in [1.82, 2.24) is 20.9 Å². The molecule has 1 atom stereocenters. The first-order valence-corrected chi connectivity index (χ1v) is 9.00. The van der Waals surface area contributed by atoms with Crippen LogP contribution in [0.2, 0.25) is 0 Å². The normalized spacial score (nSPS) is 18.4. The first-order chi connectivity index (χ1) is 12.9. The summed E-state index contributed by atoms with van der Waals surface area (Å²) in [6.45, 7) is 2.63. The summed E-state index contributed by atoms with van der Waals surface area (Å²) in [5.41, 5.74) is 0.996. The molecule has 1 unspecified atom stereocenters. The highest BCUT2D eigenvalue weighted by molar-refractivity contribution is 5.85. The molecule has 9 heteroatoms. The molecule has 27 heavy (non-hydrogen) atoms. The molecule has 1 aliphatic rings. The van der Waals surface area contributed by atoms with Gasteiger partial charge in [-0.25, -0.2) is 4.99 Å². The number of amides is 1. The van der Waals surface area contributed by atoms with Crippen LogP contribution in [-0.4, -0.2) is 61.7 Å². The maximum atomic E-state index is 12.5. The Hall–Kier alpha value is -2.29. The fourth-order valence-corrected chi connectivity index (χ4v) is 2.86. The second-order valence-corrected chi connectivity index (χ2v) is 6.44. The number of hydrogen-bond donors (Lipinski definition) is 3. The molecule has 0 bridgehead atoms. The van der Waals surface area contributed by atoms with Crippen LogP contribution in [0.5, 0.6) is 0 Å². The number of halogens is 3. The van der Waals surface area contributed by atoms with Gasteiger partial charge in [-0.3, -0.25) is 9.69 Å². The summed E-state index contributed by atoms with van der Waals surface area (Å²) in [4.78, 5) is 17.6. The predicted octanol–water partition coefficient (Wildman–Crippen LogP) is 1.49. The zero-order valence-electron chi connectivity index (χ0n) is 15.4. The highest BCUT2D eigenvalue weighted by atomic mass is 19.4. The SMILES string of the molecule is CCNC(=NCC(=O)NCc1ccccc1)NC1CCN(CC(F)(F)F)C1. The molecule has 1 saturated heterocycles. The van der Waals surface area contributed by atoms with Crippen LogP contribution in [0.1, 0.15) is 18.9 Å². The van der Waals surface area contributed by atoms with Crippen molar-refractivity contribution in [3.63, 3.8) is 0 Å². The standard InChI is InChI=1S/C18H26F3N5O/c1-2-22-17(25-15-8-9-26(12-15)13-18(19,20)21)24-11-16(27)23-10-14-6-4-3-5-7-14/h3-7,15H,2,8-13H2,1H3,(H,23,27)(H2,22,24,25). The second-order valence-electron chi connectivity index (χ2n) is 6.44. The fraction of sp³-hybridized carbons (Fsp3) is 0.556. The average Bonchev–Trinajstić information content (AvgIpc) is 3.04. The minimum Gasteiger partial charge on any atom is -0.357 e. The van der Waals surface area contributed by atoms with Gasteiger partial charge in [-0.2, -0.15) is 13.2 Å². The zero-order chi connectivity index (χ0) is 19.7. The largest absolute Gasteiger partial charge is 0.401 e. The Morgan fingerprint density at radius 2 is 2.00 bits per heavy atom. The fourth-order valence-electron chi connectivity index (χ4n) is 2.86. The molecule has 150 valence electrons. The lowest BCUT2D eigenvalue weighted by Crippen LogP contribution is -2.45. The summed E-state index contributed by atoms with van der Waals surface area (Å²) in [5, 5.41) is 8.92. The van der Waals surface area contributed by atoms with E-state index in [4.69, 9.17) is 0 Å². The molecule has 0 spiro atoms. The van der Waals surface area contributed by atoms with E-state index < -0.39 is 12.7 Å². The van der Waals surface area contributed by atoms with Gasteiger partial charge in [-0.15, -0.1) is 0 Å². The van der Waals surface area contributed by atoms with E-state index in [0.717, 1.165) is 5.56 Å². The summed E-state index contributed by atoms with van der Waals surface area (Å²) in [6.07, 6.45) is -3.59. The van der Waals surface area contributed by atoms with Crippen LogP contribution in [-0.2, 0) is 11.3 Å². The lowest BCUT2D eigenvalue weighted by molar-refractivity contribution is -0.143. The van der Waals surface area contributed by atoms with Gasteiger partial charge in [-0.05, 0) is 18.9 Å². The van der Waals surface area contributed by atoms with E-state index in [1.807, 2.05) is 37.3 Å². The van der Waals surface area contributed by atoms with Gasteiger partial charge in [-0.1, -0.05) is 30.3 Å². The molecule has 6 nitrogen and oxygen atoms in total. The number of alkyl halides is 3. The summed E-state index contributed by atoms with van der Waals surface area (Å²) in [6, 6.07) is 9.41. The van der Waals surface area contributed by atoms with Gasteiger partial charge in [0.1, 0.15) is 6.54 Å². The zero-order valence-corrected chi connectivity index (χ0v) is 15.4. The highest BCUT2D eigenvalue weighted by Gasteiger charge is 2.34. The Bertz CT molecular complexity index is 621. The van der Waals surface area contributed by atoms with Crippen molar-refractivity contribution in [2.45, 2.75) is 32.1 Å². The van der Waals surface area contributed by atoms with Gasteiger partial charge in [0.15, 0.2) is 5.96 Å². The number of hydrogen-bond acceptors (Lipinski definition) is 3. The second kappa shape index (κ2) is 10.1. The van der Waals surface area contributed by atoms with Gasteiger partial charge >= 0.3 is 6.18 Å². The lowest BCUT2D eigenvalue weighted by Gasteiger charge is -2.19. The Morgan fingerprint density at radius 3 is 2.67 bits per heavy atom. The van der Waals surface area contributed by atoms with Gasteiger partial charge < -0.3 is 16.0 Å². The number of rotatable bonds is 7. The monoisotopic (exact) mass is 385 g/mol. The van der Waals surface area contributed by atoms with Gasteiger partial charge in [0, 0.05) is 32.2 Å². The molecular weight excluding hydrogens is 359 g/mol. The third kappa shape index (κ3) is 8.29. The van der Waals surface area contributed by atoms with Crippen molar-refractivity contribution in [1.29, 1.82) is 0 Å². The Balaban J connectivity index is 1.79. The molecule has 0 saturated carbocycles. The van der Waals surface area contributed by atoms with Crippen LogP contribution in [0, 0.1) is 0 Å². The number of nitrogens with zero attached hydrogens (tertiary/aromatic N) is 2. The maximum absolute atomic E-state index is 12.5. The number of likely N-dealkylation sites (tertiary alicyclic amines) is 1. The first kappa shape index (κ1) is 21.0. The van der Waals surface area contributed by atoms with E-state index in [-0.39, 0.29) is 18.5 Å². The van der Waals surface area contributed by atoms with E-state index in [0.29, 0.717) is 38.6 Å². The number of guanidine groups is 1. The molecule has 1 aliphatic heterocycles. The third-order valence-corrected chi connectivity index (χ3v) is 4.07. The molecule has 0 aliphatic carbocycles. The van der Waals surface area contributed by atoms with E-state index >= 15 is 0 Å². The maximum Gasteiger partial charge on any atom is 0.401 e. The van der Waals surface area contributed by atoms with Crippen molar-refractivity contribution in [2.24, 2.45) is 4.99 Å². The van der Waals surface area contributed by atoms with Crippen LogP contribution in [0.25, 0.3) is 0 Å². The van der Waals surface area contributed by atoms with E-state index in [9.17, 15) is 18.0 Å². The number of nitrogens with one attached hydrogen (secondary N) is 3. The van der Waals surface area contributed by atoms with Gasteiger partial charge in [0.25, 0.3) is 0 Å². The summed E-state index contributed by atoms with van der Waals surface area (Å²) < 4.78 is 37.4. The summed E-state index contributed by atoms with van der Waals surface area (Å²) >= 11 is 0. The predicted molar refractivity (Wildman–Crippen MR) is 98.3 cm³/mol. The molecule has 1 fully saturated rings. The molecule has 0 radical (unpaired) electrons. The van der Waals surface area contributed by atoms with Crippen LogP contribution in [0.4, 0.5) is 13.2 Å². The highest BCUT2D eigenvalue weighted by Crippen LogP contribution is 2.19. The quantitative estimate of drug-likeness (QED) is 0.492. The van der Waals surface area contributed by atoms with Gasteiger partial charge in [0.2, 0.25) is 5.91 Å². The number of aliphatic imine (C=N–C) groups is 1.